The van der Waals surface area contributed by atoms with Crippen LogP contribution in [0.2, 0.25) is 0 Å². The third kappa shape index (κ3) is 5.01. The predicted octanol–water partition coefficient (Wildman–Crippen LogP) is 3.64. The minimum Gasteiger partial charge on any atom is -0.451 e. The van der Waals surface area contributed by atoms with Gasteiger partial charge in [-0.3, -0.25) is 9.59 Å². The molecule has 0 heterocycles. The maximum atomic E-state index is 12.4. The summed E-state index contributed by atoms with van der Waals surface area (Å²) in [6.45, 7) is 4.97. The first-order valence-corrected chi connectivity index (χ1v) is 8.12. The molecule has 0 bridgehead atoms. The Bertz CT molecular complexity index is 781. The Morgan fingerprint density at radius 2 is 1.72 bits per heavy atom. The van der Waals surface area contributed by atoms with E-state index in [1.807, 2.05) is 19.1 Å². The zero-order valence-electron chi connectivity index (χ0n) is 14.5. The molecule has 1 atom stereocenters. The fourth-order valence-electron chi connectivity index (χ4n) is 2.35. The molecule has 2 rings (SSSR count). The maximum absolute atomic E-state index is 12.4. The number of carbonyl (C=O) groups excluding carboxylic acids is 3. The summed E-state index contributed by atoms with van der Waals surface area (Å²) in [4.78, 5) is 35.7. The molecule has 25 heavy (non-hydrogen) atoms. The quantitative estimate of drug-likeness (QED) is 0.644. The van der Waals surface area contributed by atoms with E-state index in [9.17, 15) is 14.4 Å². The molecule has 0 saturated carbocycles. The van der Waals surface area contributed by atoms with E-state index in [0.717, 1.165) is 12.0 Å². The molecular formula is C20H21NO4. The van der Waals surface area contributed by atoms with Crippen LogP contribution >= 0.6 is 0 Å². The van der Waals surface area contributed by atoms with Crippen molar-refractivity contribution in [3.63, 3.8) is 0 Å². The minimum atomic E-state index is -0.899. The van der Waals surface area contributed by atoms with Crippen LogP contribution in [0.5, 0.6) is 0 Å². The molecule has 2 aromatic carbocycles. The van der Waals surface area contributed by atoms with E-state index in [1.54, 1.807) is 37.3 Å². The first-order valence-electron chi connectivity index (χ1n) is 8.12. The number of carbonyl (C=O) groups is 3. The molecule has 5 nitrogen and oxygen atoms in total. The van der Waals surface area contributed by atoms with Gasteiger partial charge in [0.15, 0.2) is 6.10 Å². The third-order valence-corrected chi connectivity index (χ3v) is 3.72. The molecule has 5 heteroatoms. The number of hydrogen-bond acceptors (Lipinski definition) is 4. The van der Waals surface area contributed by atoms with Gasteiger partial charge in [-0.05, 0) is 37.1 Å². The Hall–Kier alpha value is -2.95. The Morgan fingerprint density at radius 1 is 1.04 bits per heavy atom. The number of Topliss-reactive ketones (excluding diaryl/α,β-unsaturated/α-hetero) is 1. The lowest BCUT2D eigenvalue weighted by Gasteiger charge is -2.13. The predicted molar refractivity (Wildman–Crippen MR) is 95.8 cm³/mol. The van der Waals surface area contributed by atoms with Crippen molar-refractivity contribution in [1.29, 1.82) is 0 Å². The second-order valence-electron chi connectivity index (χ2n) is 5.72. The first kappa shape index (κ1) is 18.4. The van der Waals surface area contributed by atoms with E-state index in [1.165, 1.54) is 13.0 Å². The Kier molecular flexibility index (Phi) is 6.06. The number of ether oxygens (including phenoxy) is 1. The fraction of sp³-hybridized carbons (Fsp3) is 0.250. The number of benzene rings is 2. The van der Waals surface area contributed by atoms with Crippen LogP contribution < -0.4 is 5.32 Å². The van der Waals surface area contributed by atoms with Gasteiger partial charge in [-0.15, -0.1) is 0 Å². The number of amides is 1. The average molecular weight is 339 g/mol. The summed E-state index contributed by atoms with van der Waals surface area (Å²) < 4.78 is 5.27. The number of nitrogens with one attached hydrogen (secondary N) is 1. The molecule has 0 aliphatic heterocycles. The number of ketones is 1. The standard InChI is InChI=1S/C20H21NO4/c1-4-15-8-10-16(11-9-15)19(23)13(2)25-20(24)17-6-5-7-18(12-17)21-14(3)22/h5-13H,4H2,1-3H3,(H,21,22). The van der Waals surface area contributed by atoms with Crippen LogP contribution in [0.25, 0.3) is 0 Å². The molecular weight excluding hydrogens is 318 g/mol. The van der Waals surface area contributed by atoms with Gasteiger partial charge in [-0.1, -0.05) is 37.3 Å². The van der Waals surface area contributed by atoms with Crippen molar-refractivity contribution in [3.05, 3.63) is 65.2 Å². The van der Waals surface area contributed by atoms with Crippen LogP contribution in [0.15, 0.2) is 48.5 Å². The molecule has 0 aliphatic rings. The summed E-state index contributed by atoms with van der Waals surface area (Å²) in [5.74, 6) is -1.10. The van der Waals surface area contributed by atoms with Gasteiger partial charge in [0.2, 0.25) is 11.7 Å². The van der Waals surface area contributed by atoms with Gasteiger partial charge in [-0.2, -0.15) is 0 Å². The number of aryl methyl sites for hydroxylation is 1. The molecule has 1 amide bonds. The van der Waals surface area contributed by atoms with E-state index in [0.29, 0.717) is 11.3 Å². The summed E-state index contributed by atoms with van der Waals surface area (Å²) in [6.07, 6.45) is -0.00620. The number of anilines is 1. The van der Waals surface area contributed by atoms with Crippen molar-refractivity contribution < 1.29 is 19.1 Å². The average Bonchev–Trinajstić information content (AvgIpc) is 2.60. The zero-order chi connectivity index (χ0) is 18.4. The van der Waals surface area contributed by atoms with Crippen LogP contribution in [0, 0.1) is 0 Å². The van der Waals surface area contributed by atoms with E-state index in [4.69, 9.17) is 4.74 Å². The van der Waals surface area contributed by atoms with Gasteiger partial charge in [0.25, 0.3) is 0 Å². The van der Waals surface area contributed by atoms with E-state index in [2.05, 4.69) is 5.32 Å². The summed E-state index contributed by atoms with van der Waals surface area (Å²) in [5, 5.41) is 2.60. The van der Waals surface area contributed by atoms with Crippen LogP contribution in [0.3, 0.4) is 0 Å². The van der Waals surface area contributed by atoms with Crippen molar-refractivity contribution in [1.82, 2.24) is 0 Å². The lowest BCUT2D eigenvalue weighted by Crippen LogP contribution is -2.24. The number of rotatable bonds is 6. The third-order valence-electron chi connectivity index (χ3n) is 3.72. The summed E-state index contributed by atoms with van der Waals surface area (Å²) >= 11 is 0. The highest BCUT2D eigenvalue weighted by atomic mass is 16.5. The van der Waals surface area contributed by atoms with Crippen LogP contribution in [0.1, 0.15) is 47.1 Å². The van der Waals surface area contributed by atoms with Gasteiger partial charge in [-0.25, -0.2) is 4.79 Å². The zero-order valence-corrected chi connectivity index (χ0v) is 14.5. The molecule has 0 aliphatic carbocycles. The Labute approximate surface area is 147 Å². The maximum Gasteiger partial charge on any atom is 0.338 e. The number of esters is 1. The molecule has 0 saturated heterocycles. The normalized spacial score (nSPS) is 11.5. The highest BCUT2D eigenvalue weighted by Gasteiger charge is 2.20. The SMILES string of the molecule is CCc1ccc(C(=O)C(C)OC(=O)c2cccc(NC(C)=O)c2)cc1. The molecule has 130 valence electrons. The van der Waals surface area contributed by atoms with Gasteiger partial charge >= 0.3 is 5.97 Å². The van der Waals surface area contributed by atoms with Crippen molar-refractivity contribution in [3.8, 4) is 0 Å². The van der Waals surface area contributed by atoms with Gasteiger partial charge < -0.3 is 10.1 Å². The highest BCUT2D eigenvalue weighted by molar-refractivity contribution is 6.01. The Morgan fingerprint density at radius 3 is 2.32 bits per heavy atom. The van der Waals surface area contributed by atoms with Gasteiger partial charge in [0.05, 0.1) is 5.56 Å². The summed E-state index contributed by atoms with van der Waals surface area (Å²) in [7, 11) is 0. The second kappa shape index (κ2) is 8.24. The van der Waals surface area contributed by atoms with Crippen LogP contribution in [-0.4, -0.2) is 23.8 Å². The van der Waals surface area contributed by atoms with Gasteiger partial charge in [0.1, 0.15) is 0 Å². The second-order valence-corrected chi connectivity index (χ2v) is 5.72. The largest absolute Gasteiger partial charge is 0.451 e. The van der Waals surface area contributed by atoms with Crippen molar-refractivity contribution in [2.24, 2.45) is 0 Å². The first-order chi connectivity index (χ1) is 11.9. The van der Waals surface area contributed by atoms with E-state index < -0.39 is 12.1 Å². The molecule has 0 spiro atoms. The van der Waals surface area contributed by atoms with Crippen molar-refractivity contribution >= 4 is 23.3 Å². The lowest BCUT2D eigenvalue weighted by molar-refractivity contribution is -0.114. The molecule has 1 unspecified atom stereocenters. The molecule has 1 N–H and O–H groups in total. The van der Waals surface area contributed by atoms with Crippen LogP contribution in [-0.2, 0) is 16.0 Å². The summed E-state index contributed by atoms with van der Waals surface area (Å²) in [5.41, 5.74) is 2.41. The smallest absolute Gasteiger partial charge is 0.338 e. The van der Waals surface area contributed by atoms with Crippen molar-refractivity contribution in [2.45, 2.75) is 33.3 Å². The molecule has 2 aromatic rings. The number of hydrogen-bond donors (Lipinski definition) is 1. The van der Waals surface area contributed by atoms with Crippen LogP contribution in [0.4, 0.5) is 5.69 Å². The molecule has 0 radical (unpaired) electrons. The van der Waals surface area contributed by atoms with Crippen molar-refractivity contribution in [2.75, 3.05) is 5.32 Å². The lowest BCUT2D eigenvalue weighted by atomic mass is 10.0. The minimum absolute atomic E-state index is 0.232. The fourth-order valence-corrected chi connectivity index (χ4v) is 2.35. The van der Waals surface area contributed by atoms with Gasteiger partial charge in [0, 0.05) is 18.2 Å². The van der Waals surface area contributed by atoms with E-state index >= 15 is 0 Å². The monoisotopic (exact) mass is 339 g/mol. The highest BCUT2D eigenvalue weighted by Crippen LogP contribution is 2.14. The molecule has 0 fully saturated rings. The Balaban J connectivity index is 2.05. The topological polar surface area (TPSA) is 72.5 Å². The van der Waals surface area contributed by atoms with E-state index in [-0.39, 0.29) is 17.3 Å². The summed E-state index contributed by atoms with van der Waals surface area (Å²) in [6, 6.07) is 13.6. The molecule has 0 aromatic heterocycles.